The lowest BCUT2D eigenvalue weighted by atomic mass is 9.95. The molecule has 2 amide bonds. The first kappa shape index (κ1) is 22.3. The maximum Gasteiger partial charge on any atom is 0.274 e. The van der Waals surface area contributed by atoms with E-state index in [0.29, 0.717) is 37.4 Å². The van der Waals surface area contributed by atoms with Crippen molar-refractivity contribution in [2.45, 2.75) is 51.9 Å². The Morgan fingerprint density at radius 1 is 0.971 bits per heavy atom. The van der Waals surface area contributed by atoms with Crippen LogP contribution in [-0.4, -0.2) is 44.6 Å². The zero-order valence-electron chi connectivity index (χ0n) is 19.7. The number of hydrogen-bond acceptors (Lipinski definition) is 4. The number of aryl methyl sites for hydroxylation is 1. The van der Waals surface area contributed by atoms with Crippen LogP contribution in [-0.2, 0) is 17.6 Å². The van der Waals surface area contributed by atoms with Crippen molar-refractivity contribution in [3.8, 4) is 5.69 Å². The predicted molar refractivity (Wildman–Crippen MR) is 131 cm³/mol. The summed E-state index contributed by atoms with van der Waals surface area (Å²) in [6.07, 6.45) is 8.25. The highest BCUT2D eigenvalue weighted by Gasteiger charge is 2.32. The predicted octanol–water partition coefficient (Wildman–Crippen LogP) is 4.34. The third kappa shape index (κ3) is 4.60. The lowest BCUT2D eigenvalue weighted by Crippen LogP contribution is -2.42. The summed E-state index contributed by atoms with van der Waals surface area (Å²) in [5.41, 5.74) is 4.92. The average Bonchev–Trinajstić information content (AvgIpc) is 3.06. The van der Waals surface area contributed by atoms with Crippen LogP contribution in [0.5, 0.6) is 0 Å². The van der Waals surface area contributed by atoms with Crippen molar-refractivity contribution in [2.24, 2.45) is 5.92 Å². The monoisotopic (exact) mass is 457 g/mol. The highest BCUT2D eigenvalue weighted by molar-refractivity contribution is 5.95. The van der Waals surface area contributed by atoms with E-state index < -0.39 is 0 Å². The van der Waals surface area contributed by atoms with Gasteiger partial charge in [-0.15, -0.1) is 0 Å². The van der Waals surface area contributed by atoms with E-state index in [0.717, 1.165) is 42.5 Å². The number of pyridine rings is 1. The number of aromatic nitrogens is 3. The molecule has 3 aromatic rings. The van der Waals surface area contributed by atoms with E-state index in [1.54, 1.807) is 6.20 Å². The Labute approximate surface area is 200 Å². The van der Waals surface area contributed by atoms with Crippen molar-refractivity contribution in [1.29, 1.82) is 0 Å². The fourth-order valence-corrected chi connectivity index (χ4v) is 4.99. The van der Waals surface area contributed by atoms with E-state index in [1.807, 2.05) is 59.0 Å². The van der Waals surface area contributed by atoms with Crippen molar-refractivity contribution in [1.82, 2.24) is 19.7 Å². The molecule has 0 atom stereocenters. The van der Waals surface area contributed by atoms with Gasteiger partial charge in [0, 0.05) is 36.5 Å². The maximum absolute atomic E-state index is 13.6. The lowest BCUT2D eigenvalue weighted by Gasteiger charge is -2.31. The largest absolute Gasteiger partial charge is 0.337 e. The van der Waals surface area contributed by atoms with Crippen LogP contribution in [0.3, 0.4) is 0 Å². The van der Waals surface area contributed by atoms with E-state index in [1.165, 1.54) is 12.1 Å². The number of rotatable bonds is 4. The van der Waals surface area contributed by atoms with Gasteiger partial charge in [0.25, 0.3) is 5.91 Å². The smallest absolute Gasteiger partial charge is 0.274 e. The minimum absolute atomic E-state index is 0.00751. The topological polar surface area (TPSA) is 80.1 Å². The number of anilines is 1. The van der Waals surface area contributed by atoms with Gasteiger partial charge in [0.1, 0.15) is 5.82 Å². The standard InChI is InChI=1S/C27H31N5O2/c1-19-12-13-24(28-18-19)29-26(33)20-14-16-31(17-15-20)27(34)25-22-10-6-3-7-11-23(22)32(30-25)21-8-4-2-5-9-21/h2,4-5,8-9,12-13,18,20H,3,6-7,10-11,14-17H2,1H3,(H,28,29,33). The van der Waals surface area contributed by atoms with E-state index in [9.17, 15) is 9.59 Å². The maximum atomic E-state index is 13.6. The molecule has 1 aromatic carbocycles. The van der Waals surface area contributed by atoms with Crippen LogP contribution >= 0.6 is 0 Å². The third-order valence-electron chi connectivity index (χ3n) is 6.95. The Kier molecular flexibility index (Phi) is 6.43. The molecule has 34 heavy (non-hydrogen) atoms. The fraction of sp³-hybridized carbons (Fsp3) is 0.407. The molecule has 1 aliphatic heterocycles. The Balaban J connectivity index is 1.29. The molecule has 0 saturated carbocycles. The van der Waals surface area contributed by atoms with Gasteiger partial charge in [-0.25, -0.2) is 9.67 Å². The van der Waals surface area contributed by atoms with Gasteiger partial charge in [-0.1, -0.05) is 30.7 Å². The van der Waals surface area contributed by atoms with Crippen LogP contribution in [0.15, 0.2) is 48.7 Å². The summed E-state index contributed by atoms with van der Waals surface area (Å²) in [6, 6.07) is 13.8. The first-order valence-electron chi connectivity index (χ1n) is 12.3. The number of nitrogens with zero attached hydrogens (tertiary/aromatic N) is 4. The van der Waals surface area contributed by atoms with Gasteiger partial charge in [0.2, 0.25) is 5.91 Å². The van der Waals surface area contributed by atoms with Crippen LogP contribution in [0.1, 0.15) is 59.4 Å². The number of para-hydroxylation sites is 1. The molecule has 7 nitrogen and oxygen atoms in total. The van der Waals surface area contributed by atoms with Crippen LogP contribution in [0.25, 0.3) is 5.69 Å². The number of fused-ring (bicyclic) bond motifs is 1. The van der Waals surface area contributed by atoms with Crippen LogP contribution in [0.2, 0.25) is 0 Å². The molecule has 1 fully saturated rings. The zero-order valence-corrected chi connectivity index (χ0v) is 19.7. The van der Waals surface area contributed by atoms with Gasteiger partial charge >= 0.3 is 0 Å². The molecular formula is C27H31N5O2. The summed E-state index contributed by atoms with van der Waals surface area (Å²) in [4.78, 5) is 32.4. The molecule has 0 radical (unpaired) electrons. The van der Waals surface area contributed by atoms with Gasteiger partial charge in [-0.2, -0.15) is 5.10 Å². The van der Waals surface area contributed by atoms with Crippen molar-refractivity contribution in [2.75, 3.05) is 18.4 Å². The summed E-state index contributed by atoms with van der Waals surface area (Å²) in [5.74, 6) is 0.423. The Bertz CT molecular complexity index is 1160. The van der Waals surface area contributed by atoms with Crippen molar-refractivity contribution in [3.05, 3.63) is 71.2 Å². The van der Waals surface area contributed by atoms with E-state index in [4.69, 9.17) is 5.10 Å². The summed E-state index contributed by atoms with van der Waals surface area (Å²) < 4.78 is 1.97. The van der Waals surface area contributed by atoms with Gasteiger partial charge in [-0.05, 0) is 69.2 Å². The lowest BCUT2D eigenvalue weighted by molar-refractivity contribution is -0.121. The molecule has 176 valence electrons. The molecule has 2 aliphatic rings. The van der Waals surface area contributed by atoms with Gasteiger partial charge in [0.15, 0.2) is 5.69 Å². The molecule has 0 spiro atoms. The minimum atomic E-state index is -0.119. The molecule has 0 unspecified atom stereocenters. The Morgan fingerprint density at radius 3 is 2.47 bits per heavy atom. The summed E-state index contributed by atoms with van der Waals surface area (Å²) in [5, 5.41) is 7.75. The molecule has 0 bridgehead atoms. The average molecular weight is 458 g/mol. The molecule has 1 N–H and O–H groups in total. The van der Waals surface area contributed by atoms with E-state index in [-0.39, 0.29) is 17.7 Å². The van der Waals surface area contributed by atoms with E-state index >= 15 is 0 Å². The normalized spacial score (nSPS) is 16.6. The van der Waals surface area contributed by atoms with Crippen LogP contribution in [0, 0.1) is 12.8 Å². The fourth-order valence-electron chi connectivity index (χ4n) is 4.99. The SMILES string of the molecule is Cc1ccc(NC(=O)C2CCN(C(=O)c3nn(-c4ccccc4)c4c3CCCCC4)CC2)nc1. The summed E-state index contributed by atoms with van der Waals surface area (Å²) >= 11 is 0. The first-order chi connectivity index (χ1) is 16.6. The molecule has 2 aromatic heterocycles. The number of benzene rings is 1. The number of amides is 2. The number of likely N-dealkylation sites (tertiary alicyclic amines) is 1. The molecular weight excluding hydrogens is 426 g/mol. The second-order valence-corrected chi connectivity index (χ2v) is 9.36. The van der Waals surface area contributed by atoms with Gasteiger partial charge < -0.3 is 10.2 Å². The van der Waals surface area contributed by atoms with Crippen molar-refractivity contribution in [3.63, 3.8) is 0 Å². The number of piperidine rings is 1. The molecule has 1 aliphatic carbocycles. The van der Waals surface area contributed by atoms with Crippen LogP contribution < -0.4 is 5.32 Å². The number of nitrogens with one attached hydrogen (secondary N) is 1. The summed E-state index contributed by atoms with van der Waals surface area (Å²) in [6.45, 7) is 3.09. The zero-order chi connectivity index (χ0) is 23.5. The number of hydrogen-bond donors (Lipinski definition) is 1. The second kappa shape index (κ2) is 9.79. The minimum Gasteiger partial charge on any atom is -0.337 e. The summed E-state index contributed by atoms with van der Waals surface area (Å²) in [7, 11) is 0. The highest BCUT2D eigenvalue weighted by atomic mass is 16.2. The van der Waals surface area contributed by atoms with E-state index in [2.05, 4.69) is 10.3 Å². The van der Waals surface area contributed by atoms with Gasteiger partial charge in [0.05, 0.1) is 5.69 Å². The third-order valence-corrected chi connectivity index (χ3v) is 6.95. The second-order valence-electron chi connectivity index (χ2n) is 9.36. The molecule has 5 rings (SSSR count). The van der Waals surface area contributed by atoms with Crippen molar-refractivity contribution < 1.29 is 9.59 Å². The highest BCUT2D eigenvalue weighted by Crippen LogP contribution is 2.28. The Hall–Kier alpha value is -3.48. The van der Waals surface area contributed by atoms with Gasteiger partial charge in [-0.3, -0.25) is 9.59 Å². The first-order valence-corrected chi connectivity index (χ1v) is 12.3. The number of carbonyl (C=O) groups excluding carboxylic acids is 2. The van der Waals surface area contributed by atoms with Crippen molar-refractivity contribution >= 4 is 17.6 Å². The molecule has 3 heterocycles. The molecule has 7 heteroatoms. The van der Waals surface area contributed by atoms with Crippen LogP contribution in [0.4, 0.5) is 5.82 Å². The number of carbonyl (C=O) groups is 2. The molecule has 1 saturated heterocycles. The Morgan fingerprint density at radius 2 is 1.74 bits per heavy atom. The quantitative estimate of drug-likeness (QED) is 0.591.